The first-order chi connectivity index (χ1) is 16.0. The number of nitrogens with one attached hydrogen (secondary N) is 2. The van der Waals surface area contributed by atoms with E-state index in [-0.39, 0.29) is 28.8 Å². The van der Waals surface area contributed by atoms with Crippen molar-refractivity contribution in [2.45, 2.75) is 13.0 Å². The lowest BCUT2D eigenvalue weighted by atomic mass is 10.2. The number of rotatable bonds is 6. The molecule has 3 rings (SSSR count). The van der Waals surface area contributed by atoms with E-state index in [0.717, 1.165) is 30.3 Å². The van der Waals surface area contributed by atoms with Gasteiger partial charge in [-0.2, -0.15) is 0 Å². The zero-order valence-corrected chi connectivity index (χ0v) is 17.6. The monoisotopic (exact) mass is 500 g/mol. The number of hydrogen-bond donors (Lipinski definition) is 2. The molecule has 0 aromatic heterocycles. The fourth-order valence-corrected chi connectivity index (χ4v) is 2.92. The number of amides is 3. The maximum atomic E-state index is 13.6. The second-order valence-electron chi connectivity index (χ2n) is 6.63. The summed E-state index contributed by atoms with van der Waals surface area (Å²) in [5.74, 6) is -3.70. The van der Waals surface area contributed by atoms with Crippen LogP contribution in [0.3, 0.4) is 0 Å². The highest BCUT2D eigenvalue weighted by molar-refractivity contribution is 6.32. The van der Waals surface area contributed by atoms with Gasteiger partial charge in [0.05, 0.1) is 5.02 Å². The number of imide groups is 1. The Hall–Kier alpha value is -3.86. The van der Waals surface area contributed by atoms with Gasteiger partial charge < -0.3 is 14.8 Å². The van der Waals surface area contributed by atoms with Crippen molar-refractivity contribution in [1.29, 1.82) is 0 Å². The predicted molar refractivity (Wildman–Crippen MR) is 112 cm³/mol. The van der Waals surface area contributed by atoms with Gasteiger partial charge in [0.15, 0.2) is 0 Å². The van der Waals surface area contributed by atoms with Crippen LogP contribution < -0.4 is 20.1 Å². The van der Waals surface area contributed by atoms with E-state index in [9.17, 15) is 31.5 Å². The molecule has 0 aliphatic heterocycles. The third kappa shape index (κ3) is 6.82. The summed E-state index contributed by atoms with van der Waals surface area (Å²) in [5, 5.41) is 4.16. The molecule has 0 fully saturated rings. The minimum absolute atomic E-state index is 0.0258. The van der Waals surface area contributed by atoms with E-state index < -0.39 is 35.5 Å². The van der Waals surface area contributed by atoms with Crippen LogP contribution in [0, 0.1) is 11.6 Å². The van der Waals surface area contributed by atoms with Crippen LogP contribution >= 0.6 is 11.6 Å². The Kier molecular flexibility index (Phi) is 7.57. The molecule has 2 N–H and O–H groups in total. The maximum absolute atomic E-state index is 13.6. The molecule has 0 saturated carbocycles. The van der Waals surface area contributed by atoms with Crippen LogP contribution in [0.2, 0.25) is 5.02 Å². The lowest BCUT2D eigenvalue weighted by Gasteiger charge is -2.12. The van der Waals surface area contributed by atoms with Crippen molar-refractivity contribution in [2.75, 3.05) is 5.32 Å². The van der Waals surface area contributed by atoms with E-state index >= 15 is 0 Å². The van der Waals surface area contributed by atoms with Crippen LogP contribution in [0.25, 0.3) is 0 Å². The van der Waals surface area contributed by atoms with Crippen molar-refractivity contribution in [3.63, 3.8) is 0 Å². The minimum atomic E-state index is -4.79. The van der Waals surface area contributed by atoms with Gasteiger partial charge in [-0.1, -0.05) is 29.8 Å². The quantitative estimate of drug-likeness (QED) is 0.404. The molecule has 12 heteroatoms. The molecule has 0 heterocycles. The van der Waals surface area contributed by atoms with Gasteiger partial charge in [0.1, 0.15) is 35.3 Å². The van der Waals surface area contributed by atoms with Crippen LogP contribution in [-0.2, 0) is 6.61 Å². The highest BCUT2D eigenvalue weighted by atomic mass is 35.5. The van der Waals surface area contributed by atoms with Crippen LogP contribution in [0.15, 0.2) is 60.7 Å². The van der Waals surface area contributed by atoms with Gasteiger partial charge in [0.2, 0.25) is 0 Å². The minimum Gasteiger partial charge on any atom is -0.487 e. The first-order valence-electron chi connectivity index (χ1n) is 9.35. The van der Waals surface area contributed by atoms with Gasteiger partial charge in [0, 0.05) is 5.69 Å². The van der Waals surface area contributed by atoms with Gasteiger partial charge in [-0.05, 0) is 48.0 Å². The van der Waals surface area contributed by atoms with E-state index in [1.54, 1.807) is 5.32 Å². The number of ether oxygens (including phenoxy) is 2. The second-order valence-corrected chi connectivity index (χ2v) is 7.04. The third-order valence-electron chi connectivity index (χ3n) is 4.16. The summed E-state index contributed by atoms with van der Waals surface area (Å²) < 4.78 is 73.2. The Morgan fingerprint density at radius 2 is 1.59 bits per heavy atom. The average molecular weight is 501 g/mol. The standard InChI is InChI=1S/C22H14ClF5N2O4/c23-15-10-13(29-21(32)30-20(31)19-16(24)2-1-3-17(19)25)6-9-18(15)33-11-12-4-7-14(8-5-12)34-22(26,27)28/h1-10H,11H2,(H2,29,30,31,32). The second kappa shape index (κ2) is 10.4. The lowest BCUT2D eigenvalue weighted by Crippen LogP contribution is -2.35. The molecule has 3 amide bonds. The molecule has 3 aromatic rings. The Morgan fingerprint density at radius 3 is 2.18 bits per heavy atom. The molecular weight excluding hydrogens is 487 g/mol. The van der Waals surface area contributed by atoms with Gasteiger partial charge in [0.25, 0.3) is 5.91 Å². The summed E-state index contributed by atoms with van der Waals surface area (Å²) >= 11 is 6.11. The van der Waals surface area contributed by atoms with Gasteiger partial charge in [-0.3, -0.25) is 10.1 Å². The fourth-order valence-electron chi connectivity index (χ4n) is 2.69. The number of alkyl halides is 3. The van der Waals surface area contributed by atoms with Crippen molar-refractivity contribution >= 4 is 29.2 Å². The Bertz CT molecular complexity index is 1180. The Labute approximate surface area is 194 Å². The van der Waals surface area contributed by atoms with Crippen LogP contribution in [-0.4, -0.2) is 18.3 Å². The predicted octanol–water partition coefficient (Wildman–Crippen LogP) is 6.06. The molecule has 0 aliphatic rings. The van der Waals surface area contributed by atoms with Crippen molar-refractivity contribution < 1.29 is 41.0 Å². The highest BCUT2D eigenvalue weighted by Crippen LogP contribution is 2.29. The molecule has 6 nitrogen and oxygen atoms in total. The van der Waals surface area contributed by atoms with E-state index in [0.29, 0.717) is 5.56 Å². The number of carbonyl (C=O) groups is 2. The fraction of sp³-hybridized carbons (Fsp3) is 0.0909. The summed E-state index contributed by atoms with van der Waals surface area (Å²) in [6, 6.07) is 10.9. The van der Waals surface area contributed by atoms with Gasteiger partial charge in [-0.25, -0.2) is 13.6 Å². The summed E-state index contributed by atoms with van der Waals surface area (Å²) in [7, 11) is 0. The molecule has 0 unspecified atom stereocenters. The first-order valence-corrected chi connectivity index (χ1v) is 9.73. The number of carbonyl (C=O) groups excluding carboxylic acids is 2. The summed E-state index contributed by atoms with van der Waals surface area (Å²) in [4.78, 5) is 24.0. The number of halogens is 6. The van der Waals surface area contributed by atoms with E-state index in [1.165, 1.54) is 30.3 Å². The smallest absolute Gasteiger partial charge is 0.487 e. The molecule has 0 atom stereocenters. The number of benzene rings is 3. The number of anilines is 1. The summed E-state index contributed by atoms with van der Waals surface area (Å²) in [6.45, 7) is -0.0258. The Balaban J connectivity index is 1.56. The van der Waals surface area contributed by atoms with Gasteiger partial charge >= 0.3 is 12.4 Å². The summed E-state index contributed by atoms with van der Waals surface area (Å²) in [6.07, 6.45) is -4.79. The van der Waals surface area contributed by atoms with Crippen molar-refractivity contribution in [2.24, 2.45) is 0 Å². The molecule has 34 heavy (non-hydrogen) atoms. The van der Waals surface area contributed by atoms with E-state index in [4.69, 9.17) is 16.3 Å². The number of urea groups is 1. The largest absolute Gasteiger partial charge is 0.573 e. The van der Waals surface area contributed by atoms with E-state index in [2.05, 4.69) is 10.1 Å². The lowest BCUT2D eigenvalue weighted by molar-refractivity contribution is -0.274. The van der Waals surface area contributed by atoms with Crippen LogP contribution in [0.4, 0.5) is 32.4 Å². The van der Waals surface area contributed by atoms with Crippen molar-refractivity contribution in [3.05, 3.63) is 88.4 Å². The normalized spacial score (nSPS) is 11.0. The average Bonchev–Trinajstić information content (AvgIpc) is 2.73. The van der Waals surface area contributed by atoms with Crippen molar-refractivity contribution in [1.82, 2.24) is 5.32 Å². The van der Waals surface area contributed by atoms with Crippen LogP contribution in [0.1, 0.15) is 15.9 Å². The number of hydrogen-bond acceptors (Lipinski definition) is 4. The Morgan fingerprint density at radius 1 is 0.941 bits per heavy atom. The van der Waals surface area contributed by atoms with Crippen LogP contribution in [0.5, 0.6) is 11.5 Å². The summed E-state index contributed by atoms with van der Waals surface area (Å²) in [5.41, 5.74) is -0.228. The molecule has 0 bridgehead atoms. The van der Waals surface area contributed by atoms with Crippen molar-refractivity contribution in [3.8, 4) is 11.5 Å². The topological polar surface area (TPSA) is 76.7 Å². The molecule has 0 saturated heterocycles. The van der Waals surface area contributed by atoms with Gasteiger partial charge in [-0.15, -0.1) is 13.2 Å². The third-order valence-corrected chi connectivity index (χ3v) is 4.45. The zero-order valence-electron chi connectivity index (χ0n) is 16.9. The molecule has 178 valence electrons. The first kappa shape index (κ1) is 24.8. The molecule has 0 radical (unpaired) electrons. The van der Waals surface area contributed by atoms with E-state index in [1.807, 2.05) is 0 Å². The maximum Gasteiger partial charge on any atom is 0.573 e. The molecule has 0 spiro atoms. The highest BCUT2D eigenvalue weighted by Gasteiger charge is 2.31. The molecule has 3 aromatic carbocycles. The molecule has 0 aliphatic carbocycles. The zero-order chi connectivity index (χ0) is 24.9. The SMILES string of the molecule is O=C(NC(=O)c1c(F)cccc1F)Nc1ccc(OCc2ccc(OC(F)(F)F)cc2)c(Cl)c1. The molecular formula is C22H14ClF5N2O4.